The van der Waals surface area contributed by atoms with Gasteiger partial charge in [-0.25, -0.2) is 0 Å². The molecule has 3 rings (SSSR count). The average molecular weight is 356 g/mol. The highest BCUT2D eigenvalue weighted by Gasteiger charge is 2.21. The Morgan fingerprint density at radius 1 is 0.960 bits per heavy atom. The summed E-state index contributed by atoms with van der Waals surface area (Å²) in [5.41, 5.74) is 2.31. The van der Waals surface area contributed by atoms with Crippen LogP contribution in [-0.2, 0) is 6.54 Å². The Kier molecular flexibility index (Phi) is 5.89. The molecule has 4 nitrogen and oxygen atoms in total. The molecule has 0 unspecified atom stereocenters. The Morgan fingerprint density at radius 2 is 1.68 bits per heavy atom. The average Bonchev–Trinajstić information content (AvgIpc) is 2.68. The van der Waals surface area contributed by atoms with Crippen LogP contribution in [0, 0.1) is 0 Å². The van der Waals surface area contributed by atoms with Crippen LogP contribution in [0.2, 0.25) is 0 Å². The van der Waals surface area contributed by atoms with Crippen molar-refractivity contribution in [3.05, 3.63) is 59.7 Å². The number of piperazine rings is 1. The van der Waals surface area contributed by atoms with Gasteiger partial charge in [-0.05, 0) is 17.7 Å². The van der Waals surface area contributed by atoms with Crippen molar-refractivity contribution >= 4 is 17.2 Å². The summed E-state index contributed by atoms with van der Waals surface area (Å²) >= 11 is 5.73. The van der Waals surface area contributed by atoms with Crippen molar-refractivity contribution in [2.45, 2.75) is 6.54 Å². The zero-order valence-corrected chi connectivity index (χ0v) is 15.6. The van der Waals surface area contributed by atoms with Gasteiger partial charge in [-0.1, -0.05) is 42.5 Å². The van der Waals surface area contributed by atoms with Crippen molar-refractivity contribution in [3.63, 3.8) is 0 Å². The van der Waals surface area contributed by atoms with Gasteiger partial charge in [0.15, 0.2) is 0 Å². The maximum Gasteiger partial charge on any atom is 0.132 e. The molecule has 0 atom stereocenters. The molecule has 1 aliphatic rings. The third-order valence-corrected chi connectivity index (χ3v) is 5.03. The van der Waals surface area contributed by atoms with E-state index in [0.717, 1.165) is 54.8 Å². The molecule has 2 aromatic rings. The molecule has 0 saturated carbocycles. The van der Waals surface area contributed by atoms with E-state index < -0.39 is 0 Å². The highest BCUT2D eigenvalue weighted by Crippen LogP contribution is 2.26. The Hall–Kier alpha value is -2.11. The van der Waals surface area contributed by atoms with Crippen molar-refractivity contribution in [1.29, 1.82) is 0 Å². The number of ether oxygens (including phenoxy) is 2. The summed E-state index contributed by atoms with van der Waals surface area (Å²) in [6.07, 6.45) is 0. The second-order valence-corrected chi connectivity index (χ2v) is 6.51. The summed E-state index contributed by atoms with van der Waals surface area (Å²) in [5, 5.41) is 0. The number of benzene rings is 2. The minimum atomic E-state index is 0.760. The van der Waals surface area contributed by atoms with Crippen LogP contribution < -0.4 is 9.47 Å². The van der Waals surface area contributed by atoms with E-state index in [4.69, 9.17) is 21.7 Å². The summed E-state index contributed by atoms with van der Waals surface area (Å²) < 4.78 is 10.8. The van der Waals surface area contributed by atoms with Crippen molar-refractivity contribution in [1.82, 2.24) is 9.80 Å². The topological polar surface area (TPSA) is 24.9 Å². The third kappa shape index (κ3) is 4.30. The molecule has 0 spiro atoms. The minimum Gasteiger partial charge on any atom is -0.497 e. The molecule has 1 aliphatic heterocycles. The van der Waals surface area contributed by atoms with Gasteiger partial charge in [0.25, 0.3) is 0 Å². The fraction of sp³-hybridized carbons (Fsp3) is 0.350. The van der Waals surface area contributed by atoms with Crippen LogP contribution in [0.15, 0.2) is 48.5 Å². The largest absolute Gasteiger partial charge is 0.497 e. The first-order valence-corrected chi connectivity index (χ1v) is 8.89. The van der Waals surface area contributed by atoms with Crippen LogP contribution in [0.25, 0.3) is 0 Å². The van der Waals surface area contributed by atoms with Gasteiger partial charge in [-0.3, -0.25) is 4.90 Å². The van der Waals surface area contributed by atoms with E-state index in [1.165, 1.54) is 5.56 Å². The van der Waals surface area contributed by atoms with Gasteiger partial charge in [-0.15, -0.1) is 0 Å². The molecule has 1 saturated heterocycles. The van der Waals surface area contributed by atoms with Crippen molar-refractivity contribution in [3.8, 4) is 11.5 Å². The van der Waals surface area contributed by atoms with Crippen LogP contribution in [0.3, 0.4) is 0 Å². The molecule has 0 radical (unpaired) electrons. The van der Waals surface area contributed by atoms with Crippen LogP contribution in [0.1, 0.15) is 11.1 Å². The quantitative estimate of drug-likeness (QED) is 0.766. The van der Waals surface area contributed by atoms with Gasteiger partial charge < -0.3 is 14.4 Å². The van der Waals surface area contributed by atoms with E-state index in [1.54, 1.807) is 14.2 Å². The zero-order chi connectivity index (χ0) is 17.6. The number of hydrogen-bond donors (Lipinski definition) is 0. The summed E-state index contributed by atoms with van der Waals surface area (Å²) in [4.78, 5) is 5.58. The molecular weight excluding hydrogens is 332 g/mol. The lowest BCUT2D eigenvalue weighted by molar-refractivity contribution is 0.177. The fourth-order valence-corrected chi connectivity index (χ4v) is 3.45. The summed E-state index contributed by atoms with van der Waals surface area (Å²) in [7, 11) is 3.32. The number of thiocarbonyl (C=S) groups is 1. The minimum absolute atomic E-state index is 0.760. The van der Waals surface area contributed by atoms with E-state index in [0.29, 0.717) is 0 Å². The number of methoxy groups -OCH3 is 2. The third-order valence-electron chi connectivity index (χ3n) is 4.55. The lowest BCUT2D eigenvalue weighted by Crippen LogP contribution is -2.48. The molecule has 5 heteroatoms. The first-order chi connectivity index (χ1) is 12.2. The predicted octanol–water partition coefficient (Wildman–Crippen LogP) is 3.20. The Labute approximate surface area is 155 Å². The lowest BCUT2D eigenvalue weighted by Gasteiger charge is -2.36. The fourth-order valence-electron chi connectivity index (χ4n) is 3.10. The SMILES string of the molecule is COc1ccc(C(=S)N2CCN(Cc3ccccc3)CC2)c(OC)c1. The maximum atomic E-state index is 5.73. The highest BCUT2D eigenvalue weighted by molar-refractivity contribution is 7.80. The van der Waals surface area contributed by atoms with Crippen molar-refractivity contribution < 1.29 is 9.47 Å². The van der Waals surface area contributed by atoms with Crippen LogP contribution in [-0.4, -0.2) is 55.2 Å². The summed E-state index contributed by atoms with van der Waals surface area (Å²) in [6, 6.07) is 16.4. The van der Waals surface area contributed by atoms with E-state index in [2.05, 4.69) is 40.1 Å². The smallest absolute Gasteiger partial charge is 0.132 e. The molecule has 25 heavy (non-hydrogen) atoms. The molecule has 1 heterocycles. The predicted molar refractivity (Wildman–Crippen MR) is 105 cm³/mol. The number of rotatable bonds is 5. The number of nitrogens with zero attached hydrogens (tertiary/aromatic N) is 2. The second kappa shape index (κ2) is 8.32. The van der Waals surface area contributed by atoms with Crippen LogP contribution in [0.4, 0.5) is 0 Å². The Morgan fingerprint density at radius 3 is 2.32 bits per heavy atom. The van der Waals surface area contributed by atoms with Gasteiger partial charge in [-0.2, -0.15) is 0 Å². The molecule has 132 valence electrons. The summed E-state index contributed by atoms with van der Waals surface area (Å²) in [6.45, 7) is 4.87. The zero-order valence-electron chi connectivity index (χ0n) is 14.8. The molecule has 0 bridgehead atoms. The van der Waals surface area contributed by atoms with E-state index in [1.807, 2.05) is 18.2 Å². The highest BCUT2D eigenvalue weighted by atomic mass is 32.1. The van der Waals surface area contributed by atoms with Gasteiger partial charge in [0.1, 0.15) is 16.5 Å². The second-order valence-electron chi connectivity index (χ2n) is 6.12. The lowest BCUT2D eigenvalue weighted by atomic mass is 10.1. The standard InChI is InChI=1S/C20H24N2O2S/c1-23-17-8-9-18(19(14-17)24-2)20(25)22-12-10-21(11-13-22)15-16-6-4-3-5-7-16/h3-9,14H,10-13,15H2,1-2H3. The van der Waals surface area contributed by atoms with Gasteiger partial charge in [0.2, 0.25) is 0 Å². The van der Waals surface area contributed by atoms with Crippen LogP contribution in [0.5, 0.6) is 11.5 Å². The number of hydrogen-bond acceptors (Lipinski definition) is 4. The summed E-state index contributed by atoms with van der Waals surface area (Å²) in [5.74, 6) is 1.53. The maximum absolute atomic E-state index is 5.73. The normalized spacial score (nSPS) is 15.0. The molecular formula is C20H24N2O2S. The van der Waals surface area contributed by atoms with E-state index >= 15 is 0 Å². The first-order valence-electron chi connectivity index (χ1n) is 8.49. The Balaban J connectivity index is 1.62. The molecule has 0 amide bonds. The van der Waals surface area contributed by atoms with E-state index in [-0.39, 0.29) is 0 Å². The molecule has 2 aromatic carbocycles. The Bertz CT molecular complexity index is 713. The van der Waals surface area contributed by atoms with E-state index in [9.17, 15) is 0 Å². The van der Waals surface area contributed by atoms with Gasteiger partial charge >= 0.3 is 0 Å². The molecule has 1 fully saturated rings. The monoisotopic (exact) mass is 356 g/mol. The van der Waals surface area contributed by atoms with Gasteiger partial charge in [0, 0.05) is 38.8 Å². The molecule has 0 aliphatic carbocycles. The van der Waals surface area contributed by atoms with Gasteiger partial charge in [0.05, 0.1) is 19.8 Å². The molecule has 0 N–H and O–H groups in total. The van der Waals surface area contributed by atoms with Crippen molar-refractivity contribution in [2.75, 3.05) is 40.4 Å². The van der Waals surface area contributed by atoms with Crippen LogP contribution >= 0.6 is 12.2 Å². The molecule has 0 aromatic heterocycles. The van der Waals surface area contributed by atoms with Crippen molar-refractivity contribution in [2.24, 2.45) is 0 Å². The first kappa shape index (κ1) is 17.7.